The maximum absolute atomic E-state index is 12.7. The number of amides is 1. The van der Waals surface area contributed by atoms with Crippen molar-refractivity contribution in [1.29, 1.82) is 0 Å². The molecule has 3 aromatic rings. The molecule has 1 amide bonds. The summed E-state index contributed by atoms with van der Waals surface area (Å²) in [5, 5.41) is 12.3. The monoisotopic (exact) mass is 416 g/mol. The van der Waals surface area contributed by atoms with Crippen LogP contribution in [-0.4, -0.2) is 30.8 Å². The highest BCUT2D eigenvalue weighted by Crippen LogP contribution is 2.37. The molecular weight excluding hydrogens is 396 g/mol. The van der Waals surface area contributed by atoms with Gasteiger partial charge in [-0.05, 0) is 48.9 Å². The third-order valence-corrected chi connectivity index (χ3v) is 7.16. The van der Waals surface area contributed by atoms with Crippen molar-refractivity contribution in [3.8, 4) is 0 Å². The second-order valence-electron chi connectivity index (χ2n) is 6.96. The number of nitrogens with two attached hydrogens (primary N) is 1. The van der Waals surface area contributed by atoms with E-state index < -0.39 is 9.84 Å². The van der Waals surface area contributed by atoms with Crippen LogP contribution in [0.5, 0.6) is 0 Å². The van der Waals surface area contributed by atoms with Crippen molar-refractivity contribution < 1.29 is 13.2 Å². The van der Waals surface area contributed by atoms with Crippen molar-refractivity contribution in [2.45, 2.75) is 37.1 Å². The van der Waals surface area contributed by atoms with Crippen LogP contribution in [0, 0.1) is 0 Å². The van der Waals surface area contributed by atoms with Gasteiger partial charge >= 0.3 is 0 Å². The topological polar surface area (TPSA) is 115 Å². The van der Waals surface area contributed by atoms with Crippen LogP contribution in [0.15, 0.2) is 29.2 Å². The Kier molecular flexibility index (Phi) is 4.80. The lowest BCUT2D eigenvalue weighted by atomic mass is 9.94. The number of nitrogens with one attached hydrogen (secondary N) is 1. The highest BCUT2D eigenvalue weighted by Gasteiger charge is 2.23. The summed E-state index contributed by atoms with van der Waals surface area (Å²) in [5.41, 5.74) is 9.70. The van der Waals surface area contributed by atoms with E-state index in [2.05, 4.69) is 15.5 Å². The summed E-state index contributed by atoms with van der Waals surface area (Å²) in [6.45, 7) is 0.278. The lowest BCUT2D eigenvalue weighted by Crippen LogP contribution is -2.22. The molecule has 4 rings (SSSR count). The minimum Gasteiger partial charge on any atom is -0.397 e. The second-order valence-corrected chi connectivity index (χ2v) is 9.97. The number of nitrogens with zero attached hydrogens (tertiary/aromatic N) is 2. The van der Waals surface area contributed by atoms with Crippen molar-refractivity contribution in [1.82, 2.24) is 15.5 Å². The number of benzene rings is 1. The van der Waals surface area contributed by atoms with Crippen LogP contribution < -0.4 is 11.1 Å². The van der Waals surface area contributed by atoms with E-state index >= 15 is 0 Å². The van der Waals surface area contributed by atoms with Gasteiger partial charge in [0, 0.05) is 18.2 Å². The number of rotatable bonds is 4. The number of carbonyl (C=O) groups excluding carboxylic acids is 1. The fraction of sp³-hybridized carbons (Fsp3) is 0.316. The number of anilines is 1. The van der Waals surface area contributed by atoms with Crippen molar-refractivity contribution in [3.05, 3.63) is 46.0 Å². The largest absolute Gasteiger partial charge is 0.397 e. The van der Waals surface area contributed by atoms with Crippen molar-refractivity contribution >= 4 is 43.0 Å². The van der Waals surface area contributed by atoms with Gasteiger partial charge in [-0.1, -0.05) is 12.1 Å². The zero-order chi connectivity index (χ0) is 19.9. The molecule has 1 aromatic carbocycles. The third-order valence-electron chi connectivity index (χ3n) is 4.94. The Labute approximate surface area is 166 Å². The van der Waals surface area contributed by atoms with Crippen LogP contribution in [-0.2, 0) is 29.2 Å². The molecule has 1 aliphatic carbocycles. The molecule has 0 bridgehead atoms. The number of hydrogen-bond acceptors (Lipinski definition) is 7. The molecule has 28 heavy (non-hydrogen) atoms. The molecule has 0 unspecified atom stereocenters. The number of aromatic nitrogens is 2. The summed E-state index contributed by atoms with van der Waals surface area (Å²) in [7, 11) is -3.24. The standard InChI is InChI=1S/C19H20N4O3S2/c1-28(25,26)12-8-6-11(7-9-12)10-21-18(24)17-16(20)15-13-4-2-3-5-14(13)22-23-19(15)27-17/h6-9H,2-5,10,20H2,1H3,(H,21,24). The molecule has 0 fully saturated rings. The van der Waals surface area contributed by atoms with Gasteiger partial charge in [-0.3, -0.25) is 4.79 Å². The summed E-state index contributed by atoms with van der Waals surface area (Å²) < 4.78 is 23.1. The average Bonchev–Trinajstić information content (AvgIpc) is 3.03. The molecule has 0 atom stereocenters. The quantitative estimate of drug-likeness (QED) is 0.675. The Bertz CT molecular complexity index is 1170. The normalized spacial score (nSPS) is 14.0. The molecular formula is C19H20N4O3S2. The Hall–Kier alpha value is -2.52. The molecule has 0 saturated carbocycles. The molecule has 0 radical (unpaired) electrons. The first-order valence-corrected chi connectivity index (χ1v) is 11.7. The predicted octanol–water partition coefficient (Wildman–Crippen LogP) is 2.49. The Balaban J connectivity index is 1.55. The molecule has 7 nitrogen and oxygen atoms in total. The first-order valence-electron chi connectivity index (χ1n) is 8.98. The van der Waals surface area contributed by atoms with Crippen LogP contribution in [0.25, 0.3) is 10.2 Å². The molecule has 0 aliphatic heterocycles. The van der Waals surface area contributed by atoms with Crippen molar-refractivity contribution in [2.75, 3.05) is 12.0 Å². The minimum atomic E-state index is -3.24. The summed E-state index contributed by atoms with van der Waals surface area (Å²) in [6.07, 6.45) is 5.17. The lowest BCUT2D eigenvalue weighted by molar-refractivity contribution is 0.0956. The minimum absolute atomic E-state index is 0.250. The Morgan fingerprint density at radius 2 is 1.89 bits per heavy atom. The fourth-order valence-electron chi connectivity index (χ4n) is 3.45. The zero-order valence-corrected chi connectivity index (χ0v) is 17.0. The molecule has 2 aromatic heterocycles. The number of sulfone groups is 1. The number of nitrogen functional groups attached to an aromatic ring is 1. The van der Waals surface area contributed by atoms with Crippen LogP contribution >= 0.6 is 11.3 Å². The van der Waals surface area contributed by atoms with Gasteiger partial charge in [0.05, 0.1) is 16.3 Å². The number of aryl methyl sites for hydroxylation is 2. The zero-order valence-electron chi connectivity index (χ0n) is 15.4. The summed E-state index contributed by atoms with van der Waals surface area (Å²) in [6, 6.07) is 6.44. The first kappa shape index (κ1) is 18.8. The van der Waals surface area contributed by atoms with Gasteiger partial charge in [0.1, 0.15) is 9.71 Å². The highest BCUT2D eigenvalue weighted by molar-refractivity contribution is 7.90. The lowest BCUT2D eigenvalue weighted by Gasteiger charge is -2.14. The number of hydrogen-bond donors (Lipinski definition) is 2. The predicted molar refractivity (Wildman–Crippen MR) is 109 cm³/mol. The van der Waals surface area contributed by atoms with Gasteiger partial charge in [-0.25, -0.2) is 8.42 Å². The van der Waals surface area contributed by atoms with Gasteiger partial charge < -0.3 is 11.1 Å². The number of thiophene rings is 1. The van der Waals surface area contributed by atoms with Crippen LogP contribution in [0.2, 0.25) is 0 Å². The molecule has 146 valence electrons. The van der Waals surface area contributed by atoms with Crippen LogP contribution in [0.3, 0.4) is 0 Å². The van der Waals surface area contributed by atoms with Gasteiger partial charge in [0.2, 0.25) is 0 Å². The smallest absolute Gasteiger partial charge is 0.263 e. The fourth-order valence-corrected chi connectivity index (χ4v) is 5.07. The number of carbonyl (C=O) groups is 1. The average molecular weight is 417 g/mol. The van der Waals surface area contributed by atoms with E-state index in [-0.39, 0.29) is 17.3 Å². The van der Waals surface area contributed by atoms with Gasteiger partial charge in [0.25, 0.3) is 5.91 Å². The van der Waals surface area contributed by atoms with E-state index in [4.69, 9.17) is 5.73 Å². The molecule has 9 heteroatoms. The third kappa shape index (κ3) is 3.47. The van der Waals surface area contributed by atoms with Crippen LogP contribution in [0.1, 0.15) is 39.3 Å². The van der Waals surface area contributed by atoms with E-state index in [9.17, 15) is 13.2 Å². The van der Waals surface area contributed by atoms with E-state index in [0.717, 1.165) is 54.1 Å². The van der Waals surface area contributed by atoms with E-state index in [1.807, 2.05) is 0 Å². The highest BCUT2D eigenvalue weighted by atomic mass is 32.2. The maximum Gasteiger partial charge on any atom is 0.263 e. The summed E-state index contributed by atoms with van der Waals surface area (Å²) in [5.74, 6) is -0.266. The van der Waals surface area contributed by atoms with Gasteiger partial charge in [-0.15, -0.1) is 16.4 Å². The molecule has 3 N–H and O–H groups in total. The SMILES string of the molecule is CS(=O)(=O)c1ccc(CNC(=O)c2sc3nnc4c(c3c2N)CCCC4)cc1. The Morgan fingerprint density at radius 1 is 1.18 bits per heavy atom. The van der Waals surface area contributed by atoms with Gasteiger partial charge in [-0.2, -0.15) is 5.10 Å². The molecule has 0 spiro atoms. The first-order chi connectivity index (χ1) is 13.3. The van der Waals surface area contributed by atoms with Crippen molar-refractivity contribution in [3.63, 3.8) is 0 Å². The van der Waals surface area contributed by atoms with E-state index in [1.165, 1.54) is 23.5 Å². The molecule has 1 aliphatic rings. The Morgan fingerprint density at radius 3 is 2.61 bits per heavy atom. The van der Waals surface area contributed by atoms with E-state index in [1.54, 1.807) is 12.1 Å². The van der Waals surface area contributed by atoms with Crippen molar-refractivity contribution in [2.24, 2.45) is 0 Å². The summed E-state index contributed by atoms with van der Waals surface area (Å²) in [4.78, 5) is 14.1. The molecule has 0 saturated heterocycles. The summed E-state index contributed by atoms with van der Waals surface area (Å²) >= 11 is 1.26. The van der Waals surface area contributed by atoms with E-state index in [0.29, 0.717) is 15.4 Å². The maximum atomic E-state index is 12.7. The van der Waals surface area contributed by atoms with Gasteiger partial charge in [0.15, 0.2) is 9.84 Å². The molecule has 2 heterocycles. The number of fused-ring (bicyclic) bond motifs is 3. The van der Waals surface area contributed by atoms with Crippen LogP contribution in [0.4, 0.5) is 5.69 Å². The second kappa shape index (κ2) is 7.14.